The minimum atomic E-state index is 0.0179. The van der Waals surface area contributed by atoms with Gasteiger partial charge in [0.25, 0.3) is 0 Å². The molecule has 0 bridgehead atoms. The summed E-state index contributed by atoms with van der Waals surface area (Å²) in [6.07, 6.45) is 0.954. The molecule has 1 heterocycles. The molecule has 0 aromatic heterocycles. The van der Waals surface area contributed by atoms with Crippen LogP contribution in [-0.4, -0.2) is 60.9 Å². The Labute approximate surface area is 96.3 Å². The topological polar surface area (TPSA) is 85.5 Å². The highest BCUT2D eigenvalue weighted by atomic mass is 16.2. The summed E-state index contributed by atoms with van der Waals surface area (Å²) in [6, 6.07) is 0.0179. The van der Waals surface area contributed by atoms with Crippen molar-refractivity contribution >= 4 is 11.9 Å². The van der Waals surface area contributed by atoms with Gasteiger partial charge in [-0.25, -0.2) is 4.79 Å². The largest absolute Gasteiger partial charge is 0.387 e. The zero-order valence-corrected chi connectivity index (χ0v) is 9.83. The molecule has 0 unspecified atom stereocenters. The molecule has 0 atom stereocenters. The number of nitrogens with two attached hydrogens (primary N) is 1. The third kappa shape index (κ3) is 4.06. The minimum absolute atomic E-state index is 0.0179. The molecule has 0 aromatic carbocycles. The first kappa shape index (κ1) is 12.8. The van der Waals surface area contributed by atoms with E-state index in [1.165, 1.54) is 0 Å². The Hall–Kier alpha value is -1.30. The first-order valence-electron chi connectivity index (χ1n) is 5.71. The summed E-state index contributed by atoms with van der Waals surface area (Å²) in [4.78, 5) is 15.5. The van der Waals surface area contributed by atoms with Crippen LogP contribution in [0.25, 0.3) is 0 Å². The number of amidine groups is 1. The van der Waals surface area contributed by atoms with Crippen molar-refractivity contribution in [2.75, 3.05) is 39.3 Å². The Bertz CT molecular complexity index is 248. The second-order valence-corrected chi connectivity index (χ2v) is 4.02. The third-order valence-corrected chi connectivity index (χ3v) is 2.58. The van der Waals surface area contributed by atoms with Crippen LogP contribution in [0, 0.1) is 5.41 Å². The maximum Gasteiger partial charge on any atom is 0.317 e. The van der Waals surface area contributed by atoms with Crippen molar-refractivity contribution < 1.29 is 4.79 Å². The van der Waals surface area contributed by atoms with Crippen molar-refractivity contribution in [1.82, 2.24) is 15.1 Å². The Balaban J connectivity index is 2.25. The van der Waals surface area contributed by atoms with Gasteiger partial charge in [-0.3, -0.25) is 10.3 Å². The van der Waals surface area contributed by atoms with Gasteiger partial charge in [-0.05, 0) is 6.42 Å². The first-order chi connectivity index (χ1) is 7.63. The Morgan fingerprint density at radius 1 is 1.38 bits per heavy atom. The standard InChI is InChI=1S/C10H21N5O/c1-2-3-13-10(16)15-6-4-14(5-7-15)8-9(11)12/h2-8H2,1H3,(H3,11,12)(H,13,16). The molecule has 6 nitrogen and oxygen atoms in total. The smallest absolute Gasteiger partial charge is 0.317 e. The number of carbonyl (C=O) groups excluding carboxylic acids is 1. The van der Waals surface area contributed by atoms with Gasteiger partial charge in [0.1, 0.15) is 5.84 Å². The highest BCUT2D eigenvalue weighted by molar-refractivity contribution is 5.79. The molecule has 1 saturated heterocycles. The maximum absolute atomic E-state index is 11.6. The fourth-order valence-corrected chi connectivity index (χ4v) is 1.69. The summed E-state index contributed by atoms with van der Waals surface area (Å²) in [5.41, 5.74) is 5.33. The molecule has 92 valence electrons. The van der Waals surface area contributed by atoms with Gasteiger partial charge in [-0.1, -0.05) is 6.92 Å². The lowest BCUT2D eigenvalue weighted by Gasteiger charge is -2.34. The van der Waals surface area contributed by atoms with Crippen molar-refractivity contribution in [2.45, 2.75) is 13.3 Å². The maximum atomic E-state index is 11.6. The van der Waals surface area contributed by atoms with Gasteiger partial charge in [0.2, 0.25) is 0 Å². The molecule has 6 heteroatoms. The SMILES string of the molecule is CCCNC(=O)N1CCN(CC(=N)N)CC1. The summed E-state index contributed by atoms with van der Waals surface area (Å²) in [5.74, 6) is 0.184. The molecule has 16 heavy (non-hydrogen) atoms. The number of nitrogens with zero attached hydrogens (tertiary/aromatic N) is 2. The summed E-state index contributed by atoms with van der Waals surface area (Å²) >= 11 is 0. The van der Waals surface area contributed by atoms with Crippen LogP contribution in [0.5, 0.6) is 0 Å². The van der Waals surface area contributed by atoms with Crippen LogP contribution in [0.1, 0.15) is 13.3 Å². The molecule has 2 amide bonds. The number of rotatable bonds is 4. The lowest BCUT2D eigenvalue weighted by Crippen LogP contribution is -2.53. The van der Waals surface area contributed by atoms with Gasteiger partial charge in [0.05, 0.1) is 6.54 Å². The zero-order valence-electron chi connectivity index (χ0n) is 9.83. The molecule has 0 saturated carbocycles. The number of amides is 2. The quantitative estimate of drug-likeness (QED) is 0.453. The zero-order chi connectivity index (χ0) is 12.0. The number of urea groups is 1. The van der Waals surface area contributed by atoms with Crippen molar-refractivity contribution in [1.29, 1.82) is 5.41 Å². The number of piperazine rings is 1. The molecule has 1 aliphatic heterocycles. The van der Waals surface area contributed by atoms with E-state index >= 15 is 0 Å². The monoisotopic (exact) mass is 227 g/mol. The molecular weight excluding hydrogens is 206 g/mol. The van der Waals surface area contributed by atoms with E-state index in [-0.39, 0.29) is 11.9 Å². The average molecular weight is 227 g/mol. The third-order valence-electron chi connectivity index (χ3n) is 2.58. The number of nitrogens with one attached hydrogen (secondary N) is 2. The normalized spacial score (nSPS) is 17.2. The molecule has 0 aliphatic carbocycles. The van der Waals surface area contributed by atoms with Crippen molar-refractivity contribution in [3.8, 4) is 0 Å². The Morgan fingerprint density at radius 3 is 2.50 bits per heavy atom. The summed E-state index contributed by atoms with van der Waals surface area (Å²) in [7, 11) is 0. The van der Waals surface area contributed by atoms with Crippen LogP contribution in [0.3, 0.4) is 0 Å². The van der Waals surface area contributed by atoms with Gasteiger partial charge in [0.15, 0.2) is 0 Å². The van der Waals surface area contributed by atoms with Gasteiger partial charge in [-0.15, -0.1) is 0 Å². The molecule has 1 aliphatic rings. The number of hydrogen-bond donors (Lipinski definition) is 3. The molecular formula is C10H21N5O. The van der Waals surface area contributed by atoms with E-state index in [0.29, 0.717) is 19.6 Å². The van der Waals surface area contributed by atoms with E-state index < -0.39 is 0 Å². The first-order valence-corrected chi connectivity index (χ1v) is 5.71. The van der Waals surface area contributed by atoms with Crippen LogP contribution in [-0.2, 0) is 0 Å². The highest BCUT2D eigenvalue weighted by Crippen LogP contribution is 2.01. The molecule has 0 aromatic rings. The molecule has 4 N–H and O–H groups in total. The second kappa shape index (κ2) is 6.32. The summed E-state index contributed by atoms with van der Waals surface area (Å²) in [5, 5.41) is 10.1. The second-order valence-electron chi connectivity index (χ2n) is 4.02. The van der Waals surface area contributed by atoms with Gasteiger partial charge in [0, 0.05) is 32.7 Å². The predicted molar refractivity (Wildman–Crippen MR) is 63.6 cm³/mol. The molecule has 1 rings (SSSR count). The van der Waals surface area contributed by atoms with Crippen LogP contribution in [0.15, 0.2) is 0 Å². The van der Waals surface area contributed by atoms with Crippen LogP contribution in [0.2, 0.25) is 0 Å². The lowest BCUT2D eigenvalue weighted by molar-refractivity contribution is 0.149. The van der Waals surface area contributed by atoms with Gasteiger partial charge in [-0.2, -0.15) is 0 Å². The number of hydrogen-bond acceptors (Lipinski definition) is 3. The fraction of sp³-hybridized carbons (Fsp3) is 0.800. The Morgan fingerprint density at radius 2 is 2.00 bits per heavy atom. The minimum Gasteiger partial charge on any atom is -0.387 e. The molecule has 0 spiro atoms. The Kier molecular flexibility index (Phi) is 5.04. The summed E-state index contributed by atoms with van der Waals surface area (Å²) in [6.45, 7) is 6.27. The van der Waals surface area contributed by atoms with E-state index in [4.69, 9.17) is 11.1 Å². The number of carbonyl (C=O) groups is 1. The van der Waals surface area contributed by atoms with Gasteiger partial charge >= 0.3 is 6.03 Å². The van der Waals surface area contributed by atoms with E-state index in [1.54, 1.807) is 0 Å². The van der Waals surface area contributed by atoms with E-state index in [1.807, 2.05) is 11.8 Å². The van der Waals surface area contributed by atoms with E-state index in [2.05, 4.69) is 10.2 Å². The van der Waals surface area contributed by atoms with Crippen LogP contribution in [0.4, 0.5) is 4.79 Å². The van der Waals surface area contributed by atoms with Crippen LogP contribution >= 0.6 is 0 Å². The fourth-order valence-electron chi connectivity index (χ4n) is 1.69. The van der Waals surface area contributed by atoms with Gasteiger partial charge < -0.3 is 16.0 Å². The van der Waals surface area contributed by atoms with Crippen molar-refractivity contribution in [2.24, 2.45) is 5.73 Å². The highest BCUT2D eigenvalue weighted by Gasteiger charge is 2.20. The van der Waals surface area contributed by atoms with Crippen molar-refractivity contribution in [3.05, 3.63) is 0 Å². The summed E-state index contributed by atoms with van der Waals surface area (Å²) < 4.78 is 0. The predicted octanol–water partition coefficient (Wildman–Crippen LogP) is -0.340. The van der Waals surface area contributed by atoms with Crippen LogP contribution < -0.4 is 11.1 Å². The average Bonchev–Trinajstić information content (AvgIpc) is 2.26. The molecule has 0 radical (unpaired) electrons. The molecule has 1 fully saturated rings. The lowest BCUT2D eigenvalue weighted by atomic mass is 10.3. The van der Waals surface area contributed by atoms with E-state index in [9.17, 15) is 4.79 Å². The van der Waals surface area contributed by atoms with E-state index in [0.717, 1.165) is 26.1 Å². The van der Waals surface area contributed by atoms with Crippen molar-refractivity contribution in [3.63, 3.8) is 0 Å².